The Morgan fingerprint density at radius 1 is 1.48 bits per heavy atom. The molecule has 0 saturated carbocycles. The molecular weight excluding hydrogens is 264 g/mol. The molecule has 4 nitrogen and oxygen atoms in total. The number of benzene rings is 1. The van der Waals surface area contributed by atoms with Crippen molar-refractivity contribution in [1.29, 1.82) is 0 Å². The maximum absolute atomic E-state index is 12.3. The minimum absolute atomic E-state index is 0.0156. The van der Waals surface area contributed by atoms with Crippen LogP contribution in [0, 0.1) is 5.92 Å². The number of para-hydroxylation sites is 1. The number of carbonyl (C=O) groups is 2. The number of rotatable bonds is 5. The summed E-state index contributed by atoms with van der Waals surface area (Å²) in [5, 5.41) is 2.77. The van der Waals surface area contributed by atoms with E-state index in [9.17, 15) is 9.59 Å². The molecule has 1 aliphatic rings. The molecule has 1 atom stereocenters. The van der Waals surface area contributed by atoms with E-state index >= 15 is 0 Å². The number of carbonyl (C=O) groups excluding carboxylic acids is 2. The largest absolute Gasteiger partial charge is 0.352 e. The zero-order valence-electron chi connectivity index (χ0n) is 12.6. The van der Waals surface area contributed by atoms with Crippen LogP contribution in [0.25, 0.3) is 0 Å². The smallest absolute Gasteiger partial charge is 0.227 e. The van der Waals surface area contributed by atoms with Crippen molar-refractivity contribution >= 4 is 17.5 Å². The monoisotopic (exact) mass is 286 g/mol. The lowest BCUT2D eigenvalue weighted by molar-refractivity contribution is -0.126. The van der Waals surface area contributed by atoms with Crippen molar-refractivity contribution < 1.29 is 9.59 Å². The third kappa shape index (κ3) is 3.32. The van der Waals surface area contributed by atoms with Crippen LogP contribution in [-0.2, 0) is 9.59 Å². The Kier molecular flexibility index (Phi) is 4.78. The van der Waals surface area contributed by atoms with Crippen molar-refractivity contribution in [2.24, 2.45) is 5.92 Å². The Hall–Kier alpha value is -2.10. The van der Waals surface area contributed by atoms with E-state index in [1.165, 1.54) is 0 Å². The second-order valence-corrected chi connectivity index (χ2v) is 5.65. The average Bonchev–Trinajstić information content (AvgIpc) is 2.86. The molecule has 4 heteroatoms. The number of nitrogens with one attached hydrogen (secondary N) is 1. The van der Waals surface area contributed by atoms with Crippen LogP contribution in [0.5, 0.6) is 0 Å². The SMILES string of the molecule is C=CCNC(=O)C1CC(=O)N(c2ccccc2C(C)C)C1. The van der Waals surface area contributed by atoms with Crippen molar-refractivity contribution in [1.82, 2.24) is 5.32 Å². The fourth-order valence-electron chi connectivity index (χ4n) is 2.65. The third-order valence-corrected chi connectivity index (χ3v) is 3.77. The van der Waals surface area contributed by atoms with E-state index in [4.69, 9.17) is 0 Å². The summed E-state index contributed by atoms with van der Waals surface area (Å²) in [6, 6.07) is 7.91. The van der Waals surface area contributed by atoms with E-state index in [-0.39, 0.29) is 24.2 Å². The van der Waals surface area contributed by atoms with Crippen LogP contribution in [0.2, 0.25) is 0 Å². The molecule has 1 N–H and O–H groups in total. The number of amides is 2. The summed E-state index contributed by atoms with van der Waals surface area (Å²) in [7, 11) is 0. The fraction of sp³-hybridized carbons (Fsp3) is 0.412. The number of nitrogens with zero attached hydrogens (tertiary/aromatic N) is 1. The van der Waals surface area contributed by atoms with Gasteiger partial charge in [0.15, 0.2) is 0 Å². The molecular formula is C17H22N2O2. The van der Waals surface area contributed by atoms with Gasteiger partial charge < -0.3 is 10.2 Å². The molecule has 0 aliphatic carbocycles. The zero-order valence-corrected chi connectivity index (χ0v) is 12.6. The molecule has 1 saturated heterocycles. The topological polar surface area (TPSA) is 49.4 Å². The lowest BCUT2D eigenvalue weighted by Crippen LogP contribution is -2.33. The maximum atomic E-state index is 12.3. The lowest BCUT2D eigenvalue weighted by atomic mass is 10.0. The molecule has 112 valence electrons. The summed E-state index contributed by atoms with van der Waals surface area (Å²) in [4.78, 5) is 26.0. The van der Waals surface area contributed by atoms with Crippen molar-refractivity contribution in [3.63, 3.8) is 0 Å². The van der Waals surface area contributed by atoms with Crippen LogP contribution in [-0.4, -0.2) is 24.9 Å². The molecule has 0 aromatic heterocycles. The summed E-state index contributed by atoms with van der Waals surface area (Å²) < 4.78 is 0. The zero-order chi connectivity index (χ0) is 15.4. The fourth-order valence-corrected chi connectivity index (χ4v) is 2.65. The van der Waals surface area contributed by atoms with Crippen molar-refractivity contribution in [3.05, 3.63) is 42.5 Å². The molecule has 1 fully saturated rings. The van der Waals surface area contributed by atoms with Crippen molar-refractivity contribution in [2.45, 2.75) is 26.2 Å². The predicted octanol–water partition coefficient (Wildman–Crippen LogP) is 2.47. The van der Waals surface area contributed by atoms with Crippen LogP contribution < -0.4 is 10.2 Å². The summed E-state index contributed by atoms with van der Waals surface area (Å²) in [6.45, 7) is 8.67. The Balaban J connectivity index is 2.17. The second-order valence-electron chi connectivity index (χ2n) is 5.65. The Bertz CT molecular complexity index is 551. The molecule has 0 radical (unpaired) electrons. The Labute approximate surface area is 125 Å². The van der Waals surface area contributed by atoms with E-state index in [0.717, 1.165) is 11.3 Å². The summed E-state index contributed by atoms with van der Waals surface area (Å²) >= 11 is 0. The Morgan fingerprint density at radius 3 is 2.86 bits per heavy atom. The molecule has 2 rings (SSSR count). The van der Waals surface area contributed by atoms with E-state index < -0.39 is 0 Å². The third-order valence-electron chi connectivity index (χ3n) is 3.77. The first kappa shape index (κ1) is 15.3. The maximum Gasteiger partial charge on any atom is 0.227 e. The summed E-state index contributed by atoms with van der Waals surface area (Å²) in [5.74, 6) is -0.00468. The highest BCUT2D eigenvalue weighted by Crippen LogP contribution is 2.32. The molecule has 1 unspecified atom stereocenters. The molecule has 1 aromatic carbocycles. The standard InChI is InChI=1S/C17H22N2O2/c1-4-9-18-17(21)13-10-16(20)19(11-13)15-8-6-5-7-14(15)12(2)3/h4-8,12-13H,1,9-11H2,2-3H3,(H,18,21). The number of anilines is 1. The van der Waals surface area contributed by atoms with Crippen LogP contribution in [0.3, 0.4) is 0 Å². The van der Waals surface area contributed by atoms with Crippen LogP contribution in [0.1, 0.15) is 31.7 Å². The van der Waals surface area contributed by atoms with Crippen molar-refractivity contribution in [3.8, 4) is 0 Å². The Morgan fingerprint density at radius 2 is 2.19 bits per heavy atom. The molecule has 21 heavy (non-hydrogen) atoms. The molecule has 0 spiro atoms. The minimum atomic E-state index is -0.280. The van der Waals surface area contributed by atoms with Crippen LogP contribution >= 0.6 is 0 Å². The molecule has 1 aliphatic heterocycles. The first-order valence-corrected chi connectivity index (χ1v) is 7.32. The highest BCUT2D eigenvalue weighted by Gasteiger charge is 2.35. The van der Waals surface area contributed by atoms with Crippen molar-refractivity contribution in [2.75, 3.05) is 18.0 Å². The van der Waals surface area contributed by atoms with Gasteiger partial charge in [-0.05, 0) is 17.5 Å². The van der Waals surface area contributed by atoms with Gasteiger partial charge in [0.05, 0.1) is 5.92 Å². The van der Waals surface area contributed by atoms with Crippen LogP contribution in [0.15, 0.2) is 36.9 Å². The molecule has 2 amide bonds. The normalized spacial score (nSPS) is 18.1. The van der Waals surface area contributed by atoms with Gasteiger partial charge in [0.1, 0.15) is 0 Å². The van der Waals surface area contributed by atoms with E-state index in [1.54, 1.807) is 11.0 Å². The highest BCUT2D eigenvalue weighted by molar-refractivity contribution is 6.00. The number of hydrogen-bond acceptors (Lipinski definition) is 2. The quantitative estimate of drug-likeness (QED) is 0.845. The average molecular weight is 286 g/mol. The first-order valence-electron chi connectivity index (χ1n) is 7.32. The lowest BCUT2D eigenvalue weighted by Gasteiger charge is -2.22. The van der Waals surface area contributed by atoms with E-state index in [1.807, 2.05) is 24.3 Å². The van der Waals surface area contributed by atoms with E-state index in [0.29, 0.717) is 19.0 Å². The van der Waals surface area contributed by atoms with Gasteiger partial charge in [-0.2, -0.15) is 0 Å². The van der Waals surface area contributed by atoms with Gasteiger partial charge in [0.25, 0.3) is 0 Å². The van der Waals surface area contributed by atoms with Crippen LogP contribution in [0.4, 0.5) is 5.69 Å². The summed E-state index contributed by atoms with van der Waals surface area (Å²) in [5.41, 5.74) is 2.06. The van der Waals surface area contributed by atoms with Gasteiger partial charge in [-0.1, -0.05) is 38.1 Å². The highest BCUT2D eigenvalue weighted by atomic mass is 16.2. The minimum Gasteiger partial charge on any atom is -0.352 e. The molecule has 1 heterocycles. The molecule has 0 bridgehead atoms. The van der Waals surface area contributed by atoms with Gasteiger partial charge in [0.2, 0.25) is 11.8 Å². The van der Waals surface area contributed by atoms with E-state index in [2.05, 4.69) is 25.7 Å². The van der Waals surface area contributed by atoms with Gasteiger partial charge in [-0.3, -0.25) is 9.59 Å². The van der Waals surface area contributed by atoms with Gasteiger partial charge >= 0.3 is 0 Å². The number of hydrogen-bond donors (Lipinski definition) is 1. The predicted molar refractivity (Wildman–Crippen MR) is 84.2 cm³/mol. The van der Waals surface area contributed by atoms with Gasteiger partial charge in [0, 0.05) is 25.2 Å². The van der Waals surface area contributed by atoms with Gasteiger partial charge in [-0.25, -0.2) is 0 Å². The van der Waals surface area contributed by atoms with Gasteiger partial charge in [-0.15, -0.1) is 6.58 Å². The second kappa shape index (κ2) is 6.57. The summed E-state index contributed by atoms with van der Waals surface area (Å²) in [6.07, 6.45) is 1.91. The first-order chi connectivity index (χ1) is 10.0. The molecule has 1 aromatic rings.